The van der Waals surface area contributed by atoms with Gasteiger partial charge in [0.05, 0.1) is 6.61 Å². The Morgan fingerprint density at radius 1 is 1.47 bits per heavy atom. The summed E-state index contributed by atoms with van der Waals surface area (Å²) in [6, 6.07) is 0. The quantitative estimate of drug-likeness (QED) is 0.668. The van der Waals surface area contributed by atoms with Crippen LogP contribution < -0.4 is 0 Å². The molecule has 2 fully saturated rings. The van der Waals surface area contributed by atoms with Gasteiger partial charge in [0.25, 0.3) is 0 Å². The summed E-state index contributed by atoms with van der Waals surface area (Å²) in [6.07, 6.45) is -0.715. The molecule has 2 aliphatic rings. The maximum absolute atomic E-state index is 10.9. The summed E-state index contributed by atoms with van der Waals surface area (Å²) in [6.45, 7) is 3.92. The molecule has 0 aromatic carbocycles. The first-order valence-corrected chi connectivity index (χ1v) is 5.17. The average molecular weight is 216 g/mol. The van der Waals surface area contributed by atoms with Gasteiger partial charge in [-0.3, -0.25) is 4.79 Å². The fraction of sp³-hybridized carbons (Fsp3) is 0.900. The van der Waals surface area contributed by atoms with Gasteiger partial charge in [0, 0.05) is 6.42 Å². The van der Waals surface area contributed by atoms with Crippen molar-refractivity contribution in [1.82, 2.24) is 0 Å². The summed E-state index contributed by atoms with van der Waals surface area (Å²) in [4.78, 5) is 10.9. The van der Waals surface area contributed by atoms with Crippen LogP contribution in [-0.2, 0) is 19.0 Å². The van der Waals surface area contributed by atoms with E-state index >= 15 is 0 Å². The Bertz CT molecular complexity index is 263. The van der Waals surface area contributed by atoms with E-state index in [0.717, 1.165) is 0 Å². The molecule has 86 valence electrons. The molecule has 2 rings (SSSR count). The standard InChI is InChI=1S/C10H16O5/c1-10(2)13-5-7(15-10)9(12)6-3-4-8(11)14-6/h6-7,9,12H,3-5H2,1-2H3/t6-,7-,9+/m1/s1. The van der Waals surface area contributed by atoms with Crippen molar-refractivity contribution in [3.63, 3.8) is 0 Å². The Morgan fingerprint density at radius 2 is 2.20 bits per heavy atom. The van der Waals surface area contributed by atoms with Crippen molar-refractivity contribution >= 4 is 5.97 Å². The molecule has 0 unspecified atom stereocenters. The van der Waals surface area contributed by atoms with Crippen molar-refractivity contribution < 1.29 is 24.1 Å². The number of carbonyl (C=O) groups excluding carboxylic acids is 1. The van der Waals surface area contributed by atoms with E-state index in [1.807, 2.05) is 0 Å². The first kappa shape index (κ1) is 10.9. The Kier molecular flexibility index (Phi) is 2.70. The Labute approximate surface area is 88.3 Å². The van der Waals surface area contributed by atoms with Crippen molar-refractivity contribution in [2.75, 3.05) is 6.61 Å². The number of hydrogen-bond acceptors (Lipinski definition) is 5. The van der Waals surface area contributed by atoms with Crippen molar-refractivity contribution in [2.24, 2.45) is 0 Å². The Balaban J connectivity index is 1.91. The molecule has 5 heteroatoms. The number of aliphatic hydroxyl groups excluding tert-OH is 1. The van der Waals surface area contributed by atoms with Gasteiger partial charge in [-0.2, -0.15) is 0 Å². The van der Waals surface area contributed by atoms with Crippen molar-refractivity contribution in [3.05, 3.63) is 0 Å². The molecule has 0 radical (unpaired) electrons. The summed E-state index contributed by atoms with van der Waals surface area (Å²) in [5, 5.41) is 9.92. The predicted molar refractivity (Wildman–Crippen MR) is 50.0 cm³/mol. The molecule has 5 nitrogen and oxygen atoms in total. The zero-order chi connectivity index (χ0) is 11.1. The molecule has 0 amide bonds. The van der Waals surface area contributed by atoms with Crippen LogP contribution in [0.4, 0.5) is 0 Å². The van der Waals surface area contributed by atoms with Crippen molar-refractivity contribution in [2.45, 2.75) is 50.8 Å². The Hall–Kier alpha value is -0.650. The number of rotatable bonds is 2. The normalized spacial score (nSPS) is 36.6. The third-order valence-electron chi connectivity index (χ3n) is 2.71. The van der Waals surface area contributed by atoms with E-state index in [4.69, 9.17) is 14.2 Å². The fourth-order valence-corrected chi connectivity index (χ4v) is 1.91. The van der Waals surface area contributed by atoms with Gasteiger partial charge in [-0.15, -0.1) is 0 Å². The summed E-state index contributed by atoms with van der Waals surface area (Å²) in [5.41, 5.74) is 0. The third kappa shape index (κ3) is 2.30. The van der Waals surface area contributed by atoms with Crippen LogP contribution in [0.25, 0.3) is 0 Å². The number of aliphatic hydroxyl groups is 1. The molecule has 0 spiro atoms. The van der Waals surface area contributed by atoms with Crippen LogP contribution in [0.3, 0.4) is 0 Å². The molecule has 0 bridgehead atoms. The molecular weight excluding hydrogens is 200 g/mol. The molecular formula is C10H16O5. The molecule has 3 atom stereocenters. The van der Waals surface area contributed by atoms with E-state index in [9.17, 15) is 9.90 Å². The number of hydrogen-bond donors (Lipinski definition) is 1. The molecule has 0 aromatic rings. The smallest absolute Gasteiger partial charge is 0.306 e. The van der Waals surface area contributed by atoms with Gasteiger partial charge in [-0.25, -0.2) is 0 Å². The van der Waals surface area contributed by atoms with Crippen LogP contribution in [0, 0.1) is 0 Å². The highest BCUT2D eigenvalue weighted by Gasteiger charge is 2.42. The van der Waals surface area contributed by atoms with Gasteiger partial charge in [-0.1, -0.05) is 0 Å². The van der Waals surface area contributed by atoms with Crippen LogP contribution in [0.15, 0.2) is 0 Å². The molecule has 2 heterocycles. The second-order valence-corrected chi connectivity index (χ2v) is 4.42. The second kappa shape index (κ2) is 3.73. The lowest BCUT2D eigenvalue weighted by atomic mass is 10.1. The minimum absolute atomic E-state index is 0.253. The zero-order valence-corrected chi connectivity index (χ0v) is 8.93. The van der Waals surface area contributed by atoms with Crippen molar-refractivity contribution in [1.29, 1.82) is 0 Å². The summed E-state index contributed by atoms with van der Waals surface area (Å²) >= 11 is 0. The number of carbonyl (C=O) groups is 1. The van der Waals surface area contributed by atoms with Gasteiger partial charge in [0.15, 0.2) is 5.79 Å². The molecule has 2 saturated heterocycles. The van der Waals surface area contributed by atoms with E-state index in [1.165, 1.54) is 0 Å². The SMILES string of the molecule is CC1(C)OC[C@H]([C@@H](O)[C@H]2CCC(=O)O2)O1. The van der Waals surface area contributed by atoms with Crippen LogP contribution in [0.5, 0.6) is 0 Å². The second-order valence-electron chi connectivity index (χ2n) is 4.42. The maximum atomic E-state index is 10.9. The first-order chi connectivity index (χ1) is 6.98. The highest BCUT2D eigenvalue weighted by atomic mass is 16.7. The molecule has 15 heavy (non-hydrogen) atoms. The lowest BCUT2D eigenvalue weighted by Gasteiger charge is -2.23. The third-order valence-corrected chi connectivity index (χ3v) is 2.71. The minimum Gasteiger partial charge on any atom is -0.459 e. The van der Waals surface area contributed by atoms with Gasteiger partial charge in [0.2, 0.25) is 0 Å². The van der Waals surface area contributed by atoms with Crippen molar-refractivity contribution in [3.8, 4) is 0 Å². The molecule has 0 saturated carbocycles. The number of ether oxygens (including phenoxy) is 3. The maximum Gasteiger partial charge on any atom is 0.306 e. The highest BCUT2D eigenvalue weighted by molar-refractivity contribution is 5.71. The molecule has 0 aromatic heterocycles. The van der Waals surface area contributed by atoms with Crippen LogP contribution in [0.1, 0.15) is 26.7 Å². The van der Waals surface area contributed by atoms with Crippen LogP contribution in [-0.4, -0.2) is 41.8 Å². The van der Waals surface area contributed by atoms with Gasteiger partial charge < -0.3 is 19.3 Å². The fourth-order valence-electron chi connectivity index (χ4n) is 1.91. The number of cyclic esters (lactones) is 1. The van der Waals surface area contributed by atoms with E-state index in [0.29, 0.717) is 19.4 Å². The molecule has 0 aliphatic carbocycles. The zero-order valence-electron chi connectivity index (χ0n) is 8.93. The lowest BCUT2D eigenvalue weighted by molar-refractivity contribution is -0.166. The average Bonchev–Trinajstić information content (AvgIpc) is 2.71. The minimum atomic E-state index is -0.793. The van der Waals surface area contributed by atoms with Crippen LogP contribution in [0.2, 0.25) is 0 Å². The van der Waals surface area contributed by atoms with Gasteiger partial charge in [-0.05, 0) is 20.3 Å². The predicted octanol–water partition coefficient (Wildman–Crippen LogP) is 0.204. The monoisotopic (exact) mass is 216 g/mol. The van der Waals surface area contributed by atoms with E-state index in [-0.39, 0.29) is 5.97 Å². The van der Waals surface area contributed by atoms with Gasteiger partial charge in [0.1, 0.15) is 18.3 Å². The Morgan fingerprint density at radius 3 is 2.67 bits per heavy atom. The first-order valence-electron chi connectivity index (χ1n) is 5.17. The highest BCUT2D eigenvalue weighted by Crippen LogP contribution is 2.28. The lowest BCUT2D eigenvalue weighted by Crippen LogP contribution is -2.39. The number of esters is 1. The van der Waals surface area contributed by atoms with E-state index in [1.54, 1.807) is 13.8 Å². The molecule has 2 aliphatic heterocycles. The van der Waals surface area contributed by atoms with E-state index in [2.05, 4.69) is 0 Å². The summed E-state index contributed by atoms with van der Waals surface area (Å²) in [5.74, 6) is -0.911. The summed E-state index contributed by atoms with van der Waals surface area (Å²) in [7, 11) is 0. The van der Waals surface area contributed by atoms with Crippen LogP contribution >= 0.6 is 0 Å². The molecule has 1 N–H and O–H groups in total. The summed E-state index contributed by atoms with van der Waals surface area (Å²) < 4.78 is 15.8. The van der Waals surface area contributed by atoms with E-state index < -0.39 is 24.1 Å². The largest absolute Gasteiger partial charge is 0.459 e. The topological polar surface area (TPSA) is 65.0 Å². The van der Waals surface area contributed by atoms with Gasteiger partial charge >= 0.3 is 5.97 Å².